The first-order chi connectivity index (χ1) is 13.2. The second kappa shape index (κ2) is 9.39. The molecule has 1 aromatic heterocycles. The molecular formula is C20H19ClN2O3S. The van der Waals surface area contributed by atoms with E-state index in [1.807, 2.05) is 41.8 Å². The van der Waals surface area contributed by atoms with E-state index in [-0.39, 0.29) is 12.5 Å². The highest BCUT2D eigenvalue weighted by atomic mass is 35.5. The lowest BCUT2D eigenvalue weighted by atomic mass is 10.2. The number of ether oxygens (including phenoxy) is 2. The van der Waals surface area contributed by atoms with E-state index in [1.165, 1.54) is 0 Å². The summed E-state index contributed by atoms with van der Waals surface area (Å²) in [5, 5.41) is 6.26. The fourth-order valence-corrected chi connectivity index (χ4v) is 3.42. The average molecular weight is 403 g/mol. The number of methoxy groups -OCH3 is 1. The molecular weight excluding hydrogens is 384 g/mol. The molecule has 5 nitrogen and oxygen atoms in total. The highest BCUT2D eigenvalue weighted by Gasteiger charge is 2.08. The number of nitrogens with zero attached hydrogens (tertiary/aromatic N) is 1. The van der Waals surface area contributed by atoms with Gasteiger partial charge in [-0.05, 0) is 36.4 Å². The Morgan fingerprint density at radius 1 is 1.19 bits per heavy atom. The molecule has 0 saturated heterocycles. The fourth-order valence-electron chi connectivity index (χ4n) is 2.37. The lowest BCUT2D eigenvalue weighted by Gasteiger charge is -2.08. The monoisotopic (exact) mass is 402 g/mol. The maximum absolute atomic E-state index is 11.9. The molecule has 140 valence electrons. The Bertz CT molecular complexity index is 896. The van der Waals surface area contributed by atoms with Crippen molar-refractivity contribution in [1.82, 2.24) is 10.3 Å². The van der Waals surface area contributed by atoms with Gasteiger partial charge in [0.15, 0.2) is 6.61 Å². The normalized spacial score (nSPS) is 10.4. The Morgan fingerprint density at radius 3 is 2.70 bits per heavy atom. The topological polar surface area (TPSA) is 60.5 Å². The smallest absolute Gasteiger partial charge is 0.257 e. The Labute approximate surface area is 166 Å². The molecule has 7 heteroatoms. The average Bonchev–Trinajstić information content (AvgIpc) is 3.16. The molecule has 1 heterocycles. The lowest BCUT2D eigenvalue weighted by Crippen LogP contribution is -2.30. The molecule has 0 spiro atoms. The minimum atomic E-state index is -0.194. The first kappa shape index (κ1) is 19.2. The molecule has 0 bridgehead atoms. The van der Waals surface area contributed by atoms with Gasteiger partial charge in [0.05, 0.1) is 17.8 Å². The second-order valence-corrected chi connectivity index (χ2v) is 6.96. The second-order valence-electron chi connectivity index (χ2n) is 5.69. The molecule has 0 aliphatic rings. The Hall–Kier alpha value is -2.57. The van der Waals surface area contributed by atoms with Crippen molar-refractivity contribution >= 4 is 28.8 Å². The maximum Gasteiger partial charge on any atom is 0.257 e. The number of carbonyl (C=O) groups excluding carboxylic acids is 1. The summed E-state index contributed by atoms with van der Waals surface area (Å²) in [5.74, 6) is 1.12. The molecule has 3 aromatic rings. The van der Waals surface area contributed by atoms with E-state index in [1.54, 1.807) is 30.6 Å². The molecule has 0 radical (unpaired) electrons. The number of aromatic nitrogens is 1. The van der Waals surface area contributed by atoms with Gasteiger partial charge in [-0.2, -0.15) is 0 Å². The number of carbonyl (C=O) groups is 1. The number of para-hydroxylation sites is 1. The molecule has 27 heavy (non-hydrogen) atoms. The van der Waals surface area contributed by atoms with Gasteiger partial charge in [-0.3, -0.25) is 4.79 Å². The fraction of sp³-hybridized carbons (Fsp3) is 0.200. The standard InChI is InChI=1S/C20H19ClN2O3S/c1-25-16-8-6-14(7-9-16)20-23-15(13-27-20)10-11-22-19(24)12-26-18-5-3-2-4-17(18)21/h2-9,13H,10-12H2,1H3,(H,22,24). The highest BCUT2D eigenvalue weighted by Crippen LogP contribution is 2.26. The molecule has 3 rings (SSSR count). The number of nitrogens with one attached hydrogen (secondary N) is 1. The van der Waals surface area contributed by atoms with E-state index in [9.17, 15) is 4.79 Å². The van der Waals surface area contributed by atoms with Gasteiger partial charge in [-0.1, -0.05) is 23.7 Å². The van der Waals surface area contributed by atoms with Crippen LogP contribution < -0.4 is 14.8 Å². The number of thiazole rings is 1. The zero-order valence-corrected chi connectivity index (χ0v) is 16.3. The Balaban J connectivity index is 1.44. The van der Waals surface area contributed by atoms with Crippen molar-refractivity contribution in [3.63, 3.8) is 0 Å². The van der Waals surface area contributed by atoms with Crippen molar-refractivity contribution in [3.8, 4) is 22.1 Å². The highest BCUT2D eigenvalue weighted by molar-refractivity contribution is 7.13. The zero-order valence-electron chi connectivity index (χ0n) is 14.8. The summed E-state index contributed by atoms with van der Waals surface area (Å²) in [6.45, 7) is 0.425. The number of benzene rings is 2. The summed E-state index contributed by atoms with van der Waals surface area (Å²) in [6.07, 6.45) is 0.657. The van der Waals surface area contributed by atoms with Crippen LogP contribution in [0.5, 0.6) is 11.5 Å². The van der Waals surface area contributed by atoms with Crippen molar-refractivity contribution in [2.24, 2.45) is 0 Å². The first-order valence-corrected chi connectivity index (χ1v) is 9.64. The SMILES string of the molecule is COc1ccc(-c2nc(CCNC(=O)COc3ccccc3Cl)cs2)cc1. The van der Waals surface area contributed by atoms with Gasteiger partial charge in [0.1, 0.15) is 16.5 Å². The zero-order chi connectivity index (χ0) is 19.1. The minimum absolute atomic E-state index is 0.0715. The van der Waals surface area contributed by atoms with Crippen molar-refractivity contribution in [1.29, 1.82) is 0 Å². The lowest BCUT2D eigenvalue weighted by molar-refractivity contribution is -0.123. The van der Waals surface area contributed by atoms with Gasteiger partial charge in [-0.25, -0.2) is 4.98 Å². The predicted molar refractivity (Wildman–Crippen MR) is 108 cm³/mol. The van der Waals surface area contributed by atoms with E-state index >= 15 is 0 Å². The van der Waals surface area contributed by atoms with Gasteiger partial charge >= 0.3 is 0 Å². The number of hydrogen-bond acceptors (Lipinski definition) is 5. The van der Waals surface area contributed by atoms with Gasteiger partial charge in [0.2, 0.25) is 0 Å². The molecule has 0 fully saturated rings. The molecule has 1 N–H and O–H groups in total. The molecule has 0 atom stereocenters. The van der Waals surface area contributed by atoms with Crippen LogP contribution >= 0.6 is 22.9 Å². The van der Waals surface area contributed by atoms with Crippen LogP contribution in [-0.2, 0) is 11.2 Å². The van der Waals surface area contributed by atoms with E-state index in [4.69, 9.17) is 21.1 Å². The van der Waals surface area contributed by atoms with Crippen LogP contribution in [0, 0.1) is 0 Å². The minimum Gasteiger partial charge on any atom is -0.497 e. The predicted octanol–water partition coefficient (Wildman–Crippen LogP) is 4.21. The van der Waals surface area contributed by atoms with Crippen LogP contribution in [-0.4, -0.2) is 31.2 Å². The summed E-state index contributed by atoms with van der Waals surface area (Å²) in [7, 11) is 1.64. The van der Waals surface area contributed by atoms with Crippen LogP contribution in [0.15, 0.2) is 53.9 Å². The molecule has 0 unspecified atom stereocenters. The third-order valence-electron chi connectivity index (χ3n) is 3.79. The van der Waals surface area contributed by atoms with Crippen LogP contribution in [0.1, 0.15) is 5.69 Å². The van der Waals surface area contributed by atoms with E-state index in [0.29, 0.717) is 23.7 Å². The van der Waals surface area contributed by atoms with E-state index in [2.05, 4.69) is 10.3 Å². The largest absolute Gasteiger partial charge is 0.497 e. The van der Waals surface area contributed by atoms with Gasteiger partial charge < -0.3 is 14.8 Å². The molecule has 0 aliphatic heterocycles. The number of hydrogen-bond donors (Lipinski definition) is 1. The third-order valence-corrected chi connectivity index (χ3v) is 5.04. The molecule has 0 aliphatic carbocycles. The third kappa shape index (κ3) is 5.45. The van der Waals surface area contributed by atoms with Gasteiger partial charge in [0.25, 0.3) is 5.91 Å². The maximum atomic E-state index is 11.9. The summed E-state index contributed by atoms with van der Waals surface area (Å²) in [5.41, 5.74) is 1.99. The van der Waals surface area contributed by atoms with Crippen LogP contribution in [0.4, 0.5) is 0 Å². The van der Waals surface area contributed by atoms with Crippen LogP contribution in [0.25, 0.3) is 10.6 Å². The molecule has 0 saturated carbocycles. The van der Waals surface area contributed by atoms with Crippen LogP contribution in [0.2, 0.25) is 5.02 Å². The summed E-state index contributed by atoms with van der Waals surface area (Å²) in [4.78, 5) is 16.5. The quantitative estimate of drug-likeness (QED) is 0.613. The van der Waals surface area contributed by atoms with Crippen molar-refractivity contribution < 1.29 is 14.3 Å². The first-order valence-electron chi connectivity index (χ1n) is 8.38. The Kier molecular flexibility index (Phi) is 6.68. The van der Waals surface area contributed by atoms with E-state index < -0.39 is 0 Å². The summed E-state index contributed by atoms with van der Waals surface area (Å²) in [6, 6.07) is 14.9. The molecule has 2 aromatic carbocycles. The molecule has 1 amide bonds. The summed E-state index contributed by atoms with van der Waals surface area (Å²) < 4.78 is 10.6. The van der Waals surface area contributed by atoms with E-state index in [0.717, 1.165) is 22.0 Å². The van der Waals surface area contributed by atoms with Crippen molar-refractivity contribution in [2.75, 3.05) is 20.3 Å². The number of amides is 1. The van der Waals surface area contributed by atoms with Crippen LogP contribution in [0.3, 0.4) is 0 Å². The number of rotatable bonds is 8. The Morgan fingerprint density at radius 2 is 1.96 bits per heavy atom. The number of halogens is 1. The van der Waals surface area contributed by atoms with Crippen molar-refractivity contribution in [2.45, 2.75) is 6.42 Å². The summed E-state index contributed by atoms with van der Waals surface area (Å²) >= 11 is 7.57. The van der Waals surface area contributed by atoms with Crippen molar-refractivity contribution in [3.05, 3.63) is 64.6 Å². The van der Waals surface area contributed by atoms with Gasteiger partial charge in [0, 0.05) is 23.9 Å². The van der Waals surface area contributed by atoms with Gasteiger partial charge in [-0.15, -0.1) is 11.3 Å².